The van der Waals surface area contributed by atoms with Crippen LogP contribution in [0, 0.1) is 0 Å². The van der Waals surface area contributed by atoms with Crippen LogP contribution >= 0.6 is 34.5 Å². The summed E-state index contributed by atoms with van der Waals surface area (Å²) in [6.45, 7) is 0. The molecule has 2 N–H and O–H groups in total. The molecular formula is C19H17Cl2N5O4S3. The fourth-order valence-electron chi connectivity index (χ4n) is 3.02. The molecule has 1 aromatic heterocycles. The van der Waals surface area contributed by atoms with E-state index in [1.54, 1.807) is 36.4 Å². The Morgan fingerprint density at radius 2 is 1.48 bits per heavy atom. The molecule has 0 spiro atoms. The van der Waals surface area contributed by atoms with Gasteiger partial charge in [0, 0.05) is 22.2 Å². The average molecular weight is 546 g/mol. The maximum absolute atomic E-state index is 12.8. The molecule has 1 aliphatic rings. The van der Waals surface area contributed by atoms with E-state index in [0.29, 0.717) is 21.4 Å². The normalized spacial score (nSPS) is 16.3. The second-order valence-electron chi connectivity index (χ2n) is 7.15. The van der Waals surface area contributed by atoms with Crippen LogP contribution < -0.4 is 10.1 Å². The molecule has 4 rings (SSSR count). The first kappa shape index (κ1) is 23.9. The summed E-state index contributed by atoms with van der Waals surface area (Å²) < 4.78 is 52.9. The predicted molar refractivity (Wildman–Crippen MR) is 130 cm³/mol. The van der Waals surface area contributed by atoms with Gasteiger partial charge in [0.2, 0.25) is 10.0 Å². The molecule has 0 amide bonds. The molecule has 9 nitrogen and oxygen atoms in total. The number of aromatic nitrogens is 2. The lowest BCUT2D eigenvalue weighted by Crippen LogP contribution is -2.31. The van der Waals surface area contributed by atoms with Crippen LogP contribution in [0.3, 0.4) is 0 Å². The van der Waals surface area contributed by atoms with E-state index in [4.69, 9.17) is 23.2 Å². The van der Waals surface area contributed by atoms with Gasteiger partial charge in [-0.05, 0) is 42.0 Å². The fraction of sp³-hybridized carbons (Fsp3) is 0.211. The number of sulfonamides is 1. The summed E-state index contributed by atoms with van der Waals surface area (Å²) in [7, 11) is -7.43. The molecule has 3 aromatic rings. The van der Waals surface area contributed by atoms with E-state index in [1.165, 1.54) is 12.1 Å². The topological polar surface area (TPSA) is 130 Å². The van der Waals surface area contributed by atoms with Crippen LogP contribution in [0.4, 0.5) is 5.69 Å². The average Bonchev–Trinajstić information content (AvgIpc) is 3.40. The van der Waals surface area contributed by atoms with Crippen molar-refractivity contribution < 1.29 is 16.8 Å². The Hall–Kier alpha value is -2.25. The summed E-state index contributed by atoms with van der Waals surface area (Å²) in [6.07, 6.45) is 0.190. The van der Waals surface area contributed by atoms with Gasteiger partial charge >= 0.3 is 0 Å². The van der Waals surface area contributed by atoms with Crippen molar-refractivity contribution in [1.82, 2.24) is 15.6 Å². The molecule has 0 bridgehead atoms. The van der Waals surface area contributed by atoms with Gasteiger partial charge in [0.05, 0.1) is 5.71 Å². The molecular weight excluding hydrogens is 529 g/mol. The number of anilines is 1. The number of rotatable bonds is 8. The number of halogens is 2. The molecule has 0 saturated heterocycles. The Morgan fingerprint density at radius 1 is 0.909 bits per heavy atom. The molecule has 0 aliphatic carbocycles. The molecule has 2 heterocycles. The Morgan fingerprint density at radius 3 is 2.12 bits per heavy atom. The number of nitrogens with one attached hydrogen (secondary N) is 2. The SMILES string of the molecule is O=S(=O)(Cc1nnc(CS(=O)(=O)C2CC(c3ccc(Cl)cc3)=NN2)s1)Nc1ccc(Cl)cc1. The van der Waals surface area contributed by atoms with Gasteiger partial charge in [-0.2, -0.15) is 5.10 Å². The molecule has 2 aromatic carbocycles. The molecule has 0 radical (unpaired) electrons. The minimum atomic E-state index is -3.76. The van der Waals surface area contributed by atoms with Gasteiger partial charge in [-0.15, -0.1) is 10.2 Å². The van der Waals surface area contributed by atoms with Gasteiger partial charge in [0.15, 0.2) is 15.2 Å². The monoisotopic (exact) mass is 545 g/mol. The molecule has 1 unspecified atom stereocenters. The number of hydrazone groups is 1. The van der Waals surface area contributed by atoms with Gasteiger partial charge in [-0.3, -0.25) is 10.1 Å². The van der Waals surface area contributed by atoms with Crippen LogP contribution in [0.1, 0.15) is 22.0 Å². The van der Waals surface area contributed by atoms with E-state index in [-0.39, 0.29) is 22.2 Å². The highest BCUT2D eigenvalue weighted by Crippen LogP contribution is 2.23. The molecule has 33 heavy (non-hydrogen) atoms. The summed E-state index contributed by atoms with van der Waals surface area (Å²) in [5, 5.41) is 12.4. The summed E-state index contributed by atoms with van der Waals surface area (Å²) >= 11 is 12.6. The summed E-state index contributed by atoms with van der Waals surface area (Å²) in [5.41, 5.74) is 4.41. The van der Waals surface area contributed by atoms with Crippen LogP contribution in [0.2, 0.25) is 10.0 Å². The molecule has 0 fully saturated rings. The van der Waals surface area contributed by atoms with E-state index >= 15 is 0 Å². The van der Waals surface area contributed by atoms with Crippen LogP contribution in [0.5, 0.6) is 0 Å². The van der Waals surface area contributed by atoms with Crippen molar-refractivity contribution in [3.8, 4) is 0 Å². The summed E-state index contributed by atoms with van der Waals surface area (Å²) in [5.74, 6) is -0.810. The second-order valence-corrected chi connectivity index (χ2v) is 13.1. The van der Waals surface area contributed by atoms with Crippen molar-refractivity contribution in [2.24, 2.45) is 5.10 Å². The Bertz CT molecular complexity index is 1390. The zero-order valence-corrected chi connectivity index (χ0v) is 20.7. The molecule has 1 atom stereocenters. The lowest BCUT2D eigenvalue weighted by Gasteiger charge is -2.09. The highest BCUT2D eigenvalue weighted by Gasteiger charge is 2.32. The number of hydrogen-bond donors (Lipinski definition) is 2. The maximum Gasteiger partial charge on any atom is 0.239 e. The smallest absolute Gasteiger partial charge is 0.239 e. The zero-order chi connectivity index (χ0) is 23.6. The fourth-order valence-corrected chi connectivity index (χ4v) is 7.32. The van der Waals surface area contributed by atoms with Crippen molar-refractivity contribution in [2.75, 3.05) is 4.72 Å². The second kappa shape index (κ2) is 9.55. The van der Waals surface area contributed by atoms with Crippen molar-refractivity contribution in [3.63, 3.8) is 0 Å². The molecule has 1 aliphatic heterocycles. The zero-order valence-electron chi connectivity index (χ0n) is 16.8. The van der Waals surface area contributed by atoms with Crippen LogP contribution in [-0.4, -0.2) is 38.1 Å². The Kier molecular flexibility index (Phi) is 6.91. The van der Waals surface area contributed by atoms with Gasteiger partial charge < -0.3 is 0 Å². The van der Waals surface area contributed by atoms with Crippen LogP contribution in [0.25, 0.3) is 0 Å². The van der Waals surface area contributed by atoms with Gasteiger partial charge in [0.1, 0.15) is 21.5 Å². The first-order chi connectivity index (χ1) is 15.6. The third-order valence-electron chi connectivity index (χ3n) is 4.60. The number of nitrogens with zero attached hydrogens (tertiary/aromatic N) is 3. The maximum atomic E-state index is 12.8. The van der Waals surface area contributed by atoms with Gasteiger partial charge in [-0.25, -0.2) is 16.8 Å². The van der Waals surface area contributed by atoms with Crippen molar-refractivity contribution in [2.45, 2.75) is 23.3 Å². The largest absolute Gasteiger partial charge is 0.291 e. The minimum Gasteiger partial charge on any atom is -0.291 e. The van der Waals surface area contributed by atoms with Crippen LogP contribution in [-0.2, 0) is 31.4 Å². The Labute approximate surface area is 204 Å². The first-order valence-corrected chi connectivity index (χ1v) is 14.4. The van der Waals surface area contributed by atoms with Gasteiger partial charge in [0.25, 0.3) is 0 Å². The third-order valence-corrected chi connectivity index (χ3v) is 9.41. The predicted octanol–water partition coefficient (Wildman–Crippen LogP) is 3.43. The molecule has 174 valence electrons. The van der Waals surface area contributed by atoms with Crippen molar-refractivity contribution in [1.29, 1.82) is 0 Å². The molecule has 14 heteroatoms. The lowest BCUT2D eigenvalue weighted by atomic mass is 10.1. The highest BCUT2D eigenvalue weighted by molar-refractivity contribution is 7.92. The standard InChI is InChI=1S/C19H17Cl2N5O4S3/c20-13-3-1-12(2-4-13)16-9-19(25-22-16)32(27,28)10-17-23-24-18(31-17)11-33(29,30)26-15-7-5-14(21)6-8-15/h1-8,19,25-26H,9-11H2. The quantitative estimate of drug-likeness (QED) is 0.443. The van der Waals surface area contributed by atoms with E-state index in [0.717, 1.165) is 16.9 Å². The van der Waals surface area contributed by atoms with E-state index in [1.807, 2.05) is 0 Å². The highest BCUT2D eigenvalue weighted by atomic mass is 35.5. The summed E-state index contributed by atoms with van der Waals surface area (Å²) in [6, 6.07) is 13.2. The van der Waals surface area contributed by atoms with Crippen molar-refractivity contribution in [3.05, 3.63) is 74.2 Å². The summed E-state index contributed by atoms with van der Waals surface area (Å²) in [4.78, 5) is 0. The van der Waals surface area contributed by atoms with E-state index in [2.05, 4.69) is 25.4 Å². The Balaban J connectivity index is 1.37. The lowest BCUT2D eigenvalue weighted by molar-refractivity contribution is 0.566. The number of hydrogen-bond acceptors (Lipinski definition) is 9. The van der Waals surface area contributed by atoms with E-state index < -0.39 is 31.0 Å². The number of sulfone groups is 1. The number of benzene rings is 2. The van der Waals surface area contributed by atoms with Crippen LogP contribution in [0.15, 0.2) is 53.6 Å². The molecule has 0 saturated carbocycles. The minimum absolute atomic E-state index is 0.180. The first-order valence-electron chi connectivity index (χ1n) is 9.46. The van der Waals surface area contributed by atoms with Crippen molar-refractivity contribution >= 4 is 65.8 Å². The van der Waals surface area contributed by atoms with E-state index in [9.17, 15) is 16.8 Å². The third kappa shape index (κ3) is 6.21. The van der Waals surface area contributed by atoms with Gasteiger partial charge in [-0.1, -0.05) is 46.7 Å².